The highest BCUT2D eigenvalue weighted by Gasteiger charge is 2.26. The zero-order valence-electron chi connectivity index (χ0n) is 18.1. The average molecular weight is 412 g/mol. The molecule has 0 saturated carbocycles. The van der Waals surface area contributed by atoms with E-state index in [1.165, 1.54) is 0 Å². The van der Waals surface area contributed by atoms with E-state index in [9.17, 15) is 10.1 Å². The van der Waals surface area contributed by atoms with Gasteiger partial charge in [-0.25, -0.2) is 4.79 Å². The van der Waals surface area contributed by atoms with E-state index in [-0.39, 0.29) is 6.04 Å². The largest absolute Gasteiger partial charge is 0.493 e. The lowest BCUT2D eigenvalue weighted by molar-refractivity contribution is 0.0497. The standard InChI is InChI=1S/C22H28N4O4/c1-22(2,3)30-21(27)25-15-6-8-26(9-7-15)20-14(12-23)13-24-17-11-19(29-5)18(28-4)10-16(17)20/h10-11,13,15H,6-9H2,1-5H3,(H,25,27). The molecule has 3 rings (SSSR count). The molecule has 0 aliphatic carbocycles. The molecule has 1 saturated heterocycles. The molecule has 30 heavy (non-hydrogen) atoms. The molecule has 8 nitrogen and oxygen atoms in total. The minimum absolute atomic E-state index is 0.0318. The predicted molar refractivity (Wildman–Crippen MR) is 114 cm³/mol. The number of piperidine rings is 1. The molecule has 1 fully saturated rings. The number of hydrogen-bond donors (Lipinski definition) is 1. The number of anilines is 1. The van der Waals surface area contributed by atoms with Gasteiger partial charge in [-0.15, -0.1) is 0 Å². The number of carbonyl (C=O) groups excluding carboxylic acids is 1. The summed E-state index contributed by atoms with van der Waals surface area (Å²) in [6.45, 7) is 6.93. The number of nitriles is 1. The van der Waals surface area contributed by atoms with Crippen molar-refractivity contribution >= 4 is 22.7 Å². The fraction of sp³-hybridized carbons (Fsp3) is 0.500. The second-order valence-corrected chi connectivity index (χ2v) is 8.26. The van der Waals surface area contributed by atoms with Crippen LogP contribution in [0, 0.1) is 11.3 Å². The van der Waals surface area contributed by atoms with E-state index >= 15 is 0 Å². The lowest BCUT2D eigenvalue weighted by Gasteiger charge is -2.35. The lowest BCUT2D eigenvalue weighted by atomic mass is 10.0. The summed E-state index contributed by atoms with van der Waals surface area (Å²) in [5, 5.41) is 13.5. The monoisotopic (exact) mass is 412 g/mol. The number of fused-ring (bicyclic) bond motifs is 1. The zero-order valence-corrected chi connectivity index (χ0v) is 18.1. The van der Waals surface area contributed by atoms with Crippen molar-refractivity contribution in [1.82, 2.24) is 10.3 Å². The number of ether oxygens (including phenoxy) is 3. The summed E-state index contributed by atoms with van der Waals surface area (Å²) < 4.78 is 16.2. The number of pyridine rings is 1. The quantitative estimate of drug-likeness (QED) is 0.819. The molecule has 8 heteroatoms. The Kier molecular flexibility index (Phi) is 6.20. The molecule has 2 heterocycles. The van der Waals surface area contributed by atoms with Gasteiger partial charge in [-0.1, -0.05) is 0 Å². The number of nitrogens with zero attached hydrogens (tertiary/aromatic N) is 3. The molecule has 1 aromatic carbocycles. The number of nitrogens with one attached hydrogen (secondary N) is 1. The summed E-state index contributed by atoms with van der Waals surface area (Å²) in [5.41, 5.74) is 1.55. The molecule has 0 bridgehead atoms. The van der Waals surface area contributed by atoms with Crippen molar-refractivity contribution in [3.8, 4) is 17.6 Å². The van der Waals surface area contributed by atoms with Gasteiger partial charge in [0.05, 0.1) is 31.0 Å². The smallest absolute Gasteiger partial charge is 0.407 e. The van der Waals surface area contributed by atoms with Gasteiger partial charge >= 0.3 is 6.09 Å². The van der Waals surface area contributed by atoms with Crippen LogP contribution in [-0.2, 0) is 4.74 Å². The Bertz CT molecular complexity index is 970. The Morgan fingerprint density at radius 3 is 2.40 bits per heavy atom. The van der Waals surface area contributed by atoms with Crippen molar-refractivity contribution in [3.05, 3.63) is 23.9 Å². The number of alkyl carbamates (subject to hydrolysis) is 1. The molecule has 160 valence electrons. The summed E-state index contributed by atoms with van der Waals surface area (Å²) in [7, 11) is 3.16. The fourth-order valence-electron chi connectivity index (χ4n) is 3.65. The van der Waals surface area contributed by atoms with Crippen molar-refractivity contribution < 1.29 is 19.0 Å². The van der Waals surface area contributed by atoms with Gasteiger partial charge in [-0.2, -0.15) is 5.26 Å². The second-order valence-electron chi connectivity index (χ2n) is 8.26. The first-order valence-electron chi connectivity index (χ1n) is 9.95. The maximum Gasteiger partial charge on any atom is 0.407 e. The van der Waals surface area contributed by atoms with E-state index in [1.807, 2.05) is 32.9 Å². The van der Waals surface area contributed by atoms with Crippen LogP contribution < -0.4 is 19.7 Å². The molecule has 1 aliphatic rings. The molecule has 2 aromatic rings. The van der Waals surface area contributed by atoms with E-state index in [0.717, 1.165) is 29.4 Å². The molecule has 0 radical (unpaired) electrons. The van der Waals surface area contributed by atoms with Crippen LogP contribution in [0.5, 0.6) is 11.5 Å². The normalized spacial score (nSPS) is 14.9. The van der Waals surface area contributed by atoms with Crippen LogP contribution in [0.2, 0.25) is 0 Å². The summed E-state index contributed by atoms with van der Waals surface area (Å²) in [5.74, 6) is 1.18. The Balaban J connectivity index is 1.83. The predicted octanol–water partition coefficient (Wildman–Crippen LogP) is 3.62. The molecule has 1 aliphatic heterocycles. The molecule has 1 N–H and O–H groups in total. The van der Waals surface area contributed by atoms with E-state index in [0.29, 0.717) is 30.2 Å². The molecule has 0 unspecified atom stereocenters. The second kappa shape index (κ2) is 8.66. The van der Waals surface area contributed by atoms with Gasteiger partial charge in [0.15, 0.2) is 11.5 Å². The van der Waals surface area contributed by atoms with Crippen molar-refractivity contribution in [2.45, 2.75) is 45.3 Å². The Morgan fingerprint density at radius 1 is 1.20 bits per heavy atom. The summed E-state index contributed by atoms with van der Waals surface area (Å²) in [4.78, 5) is 18.7. The zero-order chi connectivity index (χ0) is 21.9. The third-order valence-electron chi connectivity index (χ3n) is 5.00. The van der Waals surface area contributed by atoms with Crippen LogP contribution >= 0.6 is 0 Å². The topological polar surface area (TPSA) is 96.7 Å². The summed E-state index contributed by atoms with van der Waals surface area (Å²) in [6.07, 6.45) is 2.70. The third kappa shape index (κ3) is 4.67. The molecule has 0 atom stereocenters. The van der Waals surface area contributed by atoms with Crippen molar-refractivity contribution in [3.63, 3.8) is 0 Å². The van der Waals surface area contributed by atoms with E-state index < -0.39 is 11.7 Å². The van der Waals surface area contributed by atoms with Crippen molar-refractivity contribution in [1.29, 1.82) is 5.26 Å². The van der Waals surface area contributed by atoms with Crippen LogP contribution in [0.4, 0.5) is 10.5 Å². The van der Waals surface area contributed by atoms with Gasteiger partial charge in [0.25, 0.3) is 0 Å². The van der Waals surface area contributed by atoms with Crippen molar-refractivity contribution in [2.24, 2.45) is 0 Å². The first-order chi connectivity index (χ1) is 14.3. The first kappa shape index (κ1) is 21.5. The van der Waals surface area contributed by atoms with Gasteiger partial charge in [-0.3, -0.25) is 4.98 Å². The van der Waals surface area contributed by atoms with Gasteiger partial charge in [0, 0.05) is 36.8 Å². The fourth-order valence-corrected chi connectivity index (χ4v) is 3.65. The number of carbonyl (C=O) groups is 1. The Hall–Kier alpha value is -3.21. The van der Waals surface area contributed by atoms with Crippen LogP contribution in [-0.4, -0.2) is 50.0 Å². The number of rotatable bonds is 4. The maximum absolute atomic E-state index is 12.1. The highest BCUT2D eigenvalue weighted by Crippen LogP contribution is 2.38. The highest BCUT2D eigenvalue weighted by molar-refractivity contribution is 5.96. The minimum atomic E-state index is -0.525. The minimum Gasteiger partial charge on any atom is -0.493 e. The highest BCUT2D eigenvalue weighted by atomic mass is 16.6. The molecular weight excluding hydrogens is 384 g/mol. The van der Waals surface area contributed by atoms with Gasteiger partial charge in [0.1, 0.15) is 11.7 Å². The molecule has 1 aromatic heterocycles. The average Bonchev–Trinajstić information content (AvgIpc) is 2.71. The Labute approximate surface area is 176 Å². The van der Waals surface area contributed by atoms with E-state index in [4.69, 9.17) is 14.2 Å². The van der Waals surface area contributed by atoms with Crippen molar-refractivity contribution in [2.75, 3.05) is 32.2 Å². The summed E-state index contributed by atoms with van der Waals surface area (Å²) >= 11 is 0. The van der Waals surface area contributed by atoms with Gasteiger partial charge in [-0.05, 0) is 39.7 Å². The number of aromatic nitrogens is 1. The van der Waals surface area contributed by atoms with Crippen LogP contribution in [0.3, 0.4) is 0 Å². The van der Waals surface area contributed by atoms with Crippen LogP contribution in [0.15, 0.2) is 18.3 Å². The van der Waals surface area contributed by atoms with Gasteiger partial charge in [0.2, 0.25) is 0 Å². The number of benzene rings is 1. The van der Waals surface area contributed by atoms with Gasteiger partial charge < -0.3 is 24.4 Å². The molecule has 1 amide bonds. The summed E-state index contributed by atoms with van der Waals surface area (Å²) in [6, 6.07) is 5.96. The molecule has 0 spiro atoms. The Morgan fingerprint density at radius 2 is 1.83 bits per heavy atom. The number of hydrogen-bond acceptors (Lipinski definition) is 7. The van der Waals surface area contributed by atoms with E-state index in [2.05, 4.69) is 21.3 Å². The maximum atomic E-state index is 12.1. The number of amides is 1. The molecular formula is C22H28N4O4. The first-order valence-corrected chi connectivity index (χ1v) is 9.95. The van der Waals surface area contributed by atoms with E-state index in [1.54, 1.807) is 20.4 Å². The lowest BCUT2D eigenvalue weighted by Crippen LogP contribution is -2.46. The SMILES string of the molecule is COc1cc2ncc(C#N)c(N3CCC(NC(=O)OC(C)(C)C)CC3)c2cc1OC. The number of methoxy groups -OCH3 is 2. The third-order valence-corrected chi connectivity index (χ3v) is 5.00. The van der Waals surface area contributed by atoms with Crippen LogP contribution in [0.1, 0.15) is 39.2 Å². The van der Waals surface area contributed by atoms with Crippen LogP contribution in [0.25, 0.3) is 10.9 Å².